The molecule has 5 nitrogen and oxygen atoms in total. The van der Waals surface area contributed by atoms with Crippen molar-refractivity contribution >= 4 is 5.97 Å². The van der Waals surface area contributed by atoms with Gasteiger partial charge in [0.2, 0.25) is 0 Å². The molecule has 1 aromatic carbocycles. The van der Waals surface area contributed by atoms with Gasteiger partial charge in [0.15, 0.2) is 5.75 Å². The molecule has 0 aliphatic heterocycles. The molecule has 1 heterocycles. The number of carboxylic acid groups (broad SMARTS) is 1. The standard InChI is InChI=1S/C11H7FN2O3/c12-7-1-2-10(9(3-7)11(15)16)17-8-4-13-6-14-5-8/h1-6H,(H,15,16). The van der Waals surface area contributed by atoms with E-state index in [2.05, 4.69) is 9.97 Å². The molecule has 2 aromatic rings. The molecule has 1 aromatic heterocycles. The maximum absolute atomic E-state index is 12.9. The number of ether oxygens (including phenoxy) is 1. The molecule has 0 bridgehead atoms. The minimum absolute atomic E-state index is 0.0358. The zero-order valence-electron chi connectivity index (χ0n) is 8.50. The number of carboxylic acids is 1. The Kier molecular flexibility index (Phi) is 2.95. The lowest BCUT2D eigenvalue weighted by atomic mass is 10.2. The highest BCUT2D eigenvalue weighted by Crippen LogP contribution is 2.25. The van der Waals surface area contributed by atoms with Crippen molar-refractivity contribution in [3.8, 4) is 11.5 Å². The summed E-state index contributed by atoms with van der Waals surface area (Å²) in [5.41, 5.74) is -0.256. The summed E-state index contributed by atoms with van der Waals surface area (Å²) in [6.07, 6.45) is 4.07. The van der Waals surface area contributed by atoms with Gasteiger partial charge in [-0.2, -0.15) is 0 Å². The van der Waals surface area contributed by atoms with Crippen LogP contribution in [0.15, 0.2) is 36.9 Å². The van der Waals surface area contributed by atoms with Crippen LogP contribution in [0.3, 0.4) is 0 Å². The van der Waals surface area contributed by atoms with Crippen molar-refractivity contribution in [1.82, 2.24) is 9.97 Å². The molecule has 0 aliphatic rings. The normalized spacial score (nSPS) is 9.94. The Bertz CT molecular complexity index is 546. The first kappa shape index (κ1) is 11.0. The molecule has 0 amide bonds. The van der Waals surface area contributed by atoms with Crippen LogP contribution in [0.5, 0.6) is 11.5 Å². The maximum atomic E-state index is 12.9. The van der Waals surface area contributed by atoms with E-state index in [4.69, 9.17) is 9.84 Å². The smallest absolute Gasteiger partial charge is 0.339 e. The van der Waals surface area contributed by atoms with Crippen LogP contribution >= 0.6 is 0 Å². The largest absolute Gasteiger partial charge is 0.478 e. The summed E-state index contributed by atoms with van der Waals surface area (Å²) in [4.78, 5) is 18.3. The zero-order valence-corrected chi connectivity index (χ0v) is 8.50. The molecule has 0 aliphatic carbocycles. The van der Waals surface area contributed by atoms with Crippen LogP contribution in [-0.4, -0.2) is 21.0 Å². The molecule has 17 heavy (non-hydrogen) atoms. The van der Waals surface area contributed by atoms with Gasteiger partial charge in [0, 0.05) is 0 Å². The van der Waals surface area contributed by atoms with Crippen molar-refractivity contribution in [3.63, 3.8) is 0 Å². The fraction of sp³-hybridized carbons (Fsp3) is 0. The van der Waals surface area contributed by atoms with Crippen LogP contribution in [-0.2, 0) is 0 Å². The number of hydrogen-bond acceptors (Lipinski definition) is 4. The highest BCUT2D eigenvalue weighted by atomic mass is 19.1. The minimum Gasteiger partial charge on any atom is -0.478 e. The molecular formula is C11H7FN2O3. The van der Waals surface area contributed by atoms with Crippen LogP contribution in [0.25, 0.3) is 0 Å². The van der Waals surface area contributed by atoms with Gasteiger partial charge in [0.25, 0.3) is 0 Å². The molecule has 0 spiro atoms. The summed E-state index contributed by atoms with van der Waals surface area (Å²) in [5, 5.41) is 8.89. The number of carbonyl (C=O) groups is 1. The van der Waals surface area contributed by atoms with Gasteiger partial charge in [-0.05, 0) is 18.2 Å². The Balaban J connectivity index is 2.36. The van der Waals surface area contributed by atoms with E-state index in [1.807, 2.05) is 0 Å². The maximum Gasteiger partial charge on any atom is 0.339 e. The zero-order chi connectivity index (χ0) is 12.3. The van der Waals surface area contributed by atoms with Gasteiger partial charge in [-0.1, -0.05) is 0 Å². The average molecular weight is 234 g/mol. The molecule has 0 unspecified atom stereocenters. The molecule has 1 N–H and O–H groups in total. The third-order valence-corrected chi connectivity index (χ3v) is 1.94. The first-order valence-electron chi connectivity index (χ1n) is 4.62. The summed E-state index contributed by atoms with van der Waals surface area (Å²) >= 11 is 0. The van der Waals surface area contributed by atoms with Crippen LogP contribution in [0.1, 0.15) is 10.4 Å². The Hall–Kier alpha value is -2.50. The third-order valence-electron chi connectivity index (χ3n) is 1.94. The van der Waals surface area contributed by atoms with E-state index >= 15 is 0 Å². The first-order valence-corrected chi connectivity index (χ1v) is 4.62. The highest BCUT2D eigenvalue weighted by Gasteiger charge is 2.13. The molecule has 86 valence electrons. The second-order valence-corrected chi connectivity index (χ2v) is 3.12. The number of nitrogens with zero attached hydrogens (tertiary/aromatic N) is 2. The van der Waals surface area contributed by atoms with E-state index in [0.717, 1.165) is 12.1 Å². The van der Waals surface area contributed by atoms with Crippen LogP contribution in [0.4, 0.5) is 4.39 Å². The van der Waals surface area contributed by atoms with Gasteiger partial charge in [0.05, 0.1) is 12.4 Å². The van der Waals surface area contributed by atoms with E-state index < -0.39 is 11.8 Å². The van der Waals surface area contributed by atoms with E-state index in [-0.39, 0.29) is 17.1 Å². The number of halogens is 1. The number of aromatic nitrogens is 2. The van der Waals surface area contributed by atoms with Gasteiger partial charge in [-0.15, -0.1) is 0 Å². The van der Waals surface area contributed by atoms with Crippen molar-refractivity contribution in [2.24, 2.45) is 0 Å². The summed E-state index contributed by atoms with van der Waals surface area (Å²) in [6.45, 7) is 0. The Morgan fingerprint density at radius 1 is 1.29 bits per heavy atom. The van der Waals surface area contributed by atoms with Crippen molar-refractivity contribution in [1.29, 1.82) is 0 Å². The van der Waals surface area contributed by atoms with E-state index in [0.29, 0.717) is 0 Å². The SMILES string of the molecule is O=C(O)c1cc(F)ccc1Oc1cncnc1. The highest BCUT2D eigenvalue weighted by molar-refractivity contribution is 5.90. The fourth-order valence-electron chi connectivity index (χ4n) is 1.22. The average Bonchev–Trinajstić information content (AvgIpc) is 2.32. The third kappa shape index (κ3) is 2.54. The van der Waals surface area contributed by atoms with Gasteiger partial charge < -0.3 is 9.84 Å². The van der Waals surface area contributed by atoms with E-state index in [1.54, 1.807) is 0 Å². The molecule has 0 radical (unpaired) electrons. The number of aromatic carboxylic acids is 1. The molecular weight excluding hydrogens is 227 g/mol. The molecule has 0 saturated heterocycles. The number of hydrogen-bond donors (Lipinski definition) is 1. The molecule has 6 heteroatoms. The predicted octanol–water partition coefficient (Wildman–Crippen LogP) is 2.11. The monoisotopic (exact) mass is 234 g/mol. The Morgan fingerprint density at radius 2 is 2.00 bits per heavy atom. The van der Waals surface area contributed by atoms with Gasteiger partial charge in [-0.25, -0.2) is 19.2 Å². The number of rotatable bonds is 3. The van der Waals surface area contributed by atoms with Crippen molar-refractivity contribution in [3.05, 3.63) is 48.3 Å². The van der Waals surface area contributed by atoms with Crippen LogP contribution in [0.2, 0.25) is 0 Å². The fourth-order valence-corrected chi connectivity index (χ4v) is 1.22. The van der Waals surface area contributed by atoms with Crippen molar-refractivity contribution in [2.45, 2.75) is 0 Å². The predicted molar refractivity (Wildman–Crippen MR) is 55.5 cm³/mol. The quantitative estimate of drug-likeness (QED) is 0.880. The van der Waals surface area contributed by atoms with Crippen molar-refractivity contribution < 1.29 is 19.0 Å². The minimum atomic E-state index is -1.27. The van der Waals surface area contributed by atoms with E-state index in [9.17, 15) is 9.18 Å². The molecule has 2 rings (SSSR count). The molecule has 0 fully saturated rings. The Labute approximate surface area is 95.5 Å². The summed E-state index contributed by atoms with van der Waals surface area (Å²) in [6, 6.07) is 3.25. The second kappa shape index (κ2) is 4.56. The summed E-state index contributed by atoms with van der Waals surface area (Å²) in [7, 11) is 0. The molecule has 0 saturated carbocycles. The molecule has 0 atom stereocenters. The van der Waals surface area contributed by atoms with Crippen LogP contribution in [0, 0.1) is 5.82 Å². The topological polar surface area (TPSA) is 72.3 Å². The summed E-state index contributed by atoms with van der Waals surface area (Å²) < 4.78 is 18.2. The van der Waals surface area contributed by atoms with E-state index in [1.165, 1.54) is 24.8 Å². The number of benzene rings is 1. The van der Waals surface area contributed by atoms with Crippen molar-refractivity contribution in [2.75, 3.05) is 0 Å². The second-order valence-electron chi connectivity index (χ2n) is 3.12. The Morgan fingerprint density at radius 3 is 2.65 bits per heavy atom. The van der Waals surface area contributed by atoms with Gasteiger partial charge in [0.1, 0.15) is 23.5 Å². The lowest BCUT2D eigenvalue weighted by molar-refractivity contribution is 0.0693. The van der Waals surface area contributed by atoms with Gasteiger partial charge >= 0.3 is 5.97 Å². The lowest BCUT2D eigenvalue weighted by Gasteiger charge is -2.07. The first-order chi connectivity index (χ1) is 8.16. The summed E-state index contributed by atoms with van der Waals surface area (Å²) in [5.74, 6) is -1.59. The lowest BCUT2D eigenvalue weighted by Crippen LogP contribution is -2.01. The van der Waals surface area contributed by atoms with Gasteiger partial charge in [-0.3, -0.25) is 0 Å². The van der Waals surface area contributed by atoms with Crippen LogP contribution < -0.4 is 4.74 Å².